The van der Waals surface area contributed by atoms with E-state index in [9.17, 15) is 18.0 Å². The van der Waals surface area contributed by atoms with Crippen molar-refractivity contribution in [2.45, 2.75) is 44.7 Å². The fourth-order valence-electron chi connectivity index (χ4n) is 4.27. The summed E-state index contributed by atoms with van der Waals surface area (Å²) in [5.74, 6) is -4.55. The summed E-state index contributed by atoms with van der Waals surface area (Å²) in [5, 5.41) is 10.6. The Bertz CT molecular complexity index is 1560. The normalized spacial score (nSPS) is 13.9. The molecule has 10 heteroatoms. The van der Waals surface area contributed by atoms with E-state index in [1.807, 2.05) is 6.07 Å². The van der Waals surface area contributed by atoms with E-state index in [2.05, 4.69) is 15.5 Å². The minimum Gasteiger partial charge on any atom is -0.437 e. The van der Waals surface area contributed by atoms with Gasteiger partial charge in [0.05, 0.1) is 17.6 Å². The molecule has 5 nitrogen and oxygen atoms in total. The molecule has 1 aliphatic carbocycles. The summed E-state index contributed by atoms with van der Waals surface area (Å²) in [6.45, 7) is 2.51. The van der Waals surface area contributed by atoms with E-state index >= 15 is 8.78 Å². The van der Waals surface area contributed by atoms with Crippen LogP contribution in [0, 0.1) is 13.8 Å². The molecule has 1 fully saturated rings. The van der Waals surface area contributed by atoms with Gasteiger partial charge in [0.25, 0.3) is 17.7 Å². The molecule has 202 valence electrons. The second kappa shape index (κ2) is 9.91. The first kappa shape index (κ1) is 26.5. The van der Waals surface area contributed by atoms with Crippen LogP contribution in [0.15, 0.2) is 60.7 Å². The average Bonchev–Trinajstić information content (AvgIpc) is 3.74. The summed E-state index contributed by atoms with van der Waals surface area (Å²) in [7, 11) is 0. The van der Waals surface area contributed by atoms with Gasteiger partial charge in [-0.3, -0.25) is 4.79 Å². The fraction of sp³-hybridized carbons (Fsp3) is 0.276. The lowest BCUT2D eigenvalue weighted by Crippen LogP contribution is -2.35. The van der Waals surface area contributed by atoms with E-state index < -0.39 is 36.0 Å². The van der Waals surface area contributed by atoms with Crippen molar-refractivity contribution in [3.8, 4) is 11.6 Å². The Balaban J connectivity index is 1.49. The highest BCUT2D eigenvalue weighted by atomic mass is 19.4. The number of nitrogens with zero attached hydrogens (tertiary/aromatic N) is 2. The number of fused-ring (bicyclic) bond motifs is 1. The third-order valence-electron chi connectivity index (χ3n) is 6.81. The van der Waals surface area contributed by atoms with Crippen LogP contribution in [0.4, 0.5) is 22.0 Å². The SMILES string of the molecule is Cc1ccc(C(F)(F)CNC(=O)c2c(Oc3cccc(C(F)(F)F)c3)nnc3cc(C4CC4)ccc23)cc1C. The predicted molar refractivity (Wildman–Crippen MR) is 135 cm³/mol. The number of benzene rings is 3. The van der Waals surface area contributed by atoms with E-state index in [0.717, 1.165) is 42.2 Å². The van der Waals surface area contributed by atoms with Gasteiger partial charge < -0.3 is 10.1 Å². The zero-order valence-corrected chi connectivity index (χ0v) is 21.1. The minimum atomic E-state index is -4.62. The fourth-order valence-corrected chi connectivity index (χ4v) is 4.27. The summed E-state index contributed by atoms with van der Waals surface area (Å²) in [4.78, 5) is 13.4. The smallest absolute Gasteiger partial charge is 0.416 e. The summed E-state index contributed by atoms with van der Waals surface area (Å²) in [6, 6.07) is 13.5. The lowest BCUT2D eigenvalue weighted by Gasteiger charge is -2.19. The van der Waals surface area contributed by atoms with Crippen molar-refractivity contribution in [2.24, 2.45) is 0 Å². The highest BCUT2D eigenvalue weighted by Crippen LogP contribution is 2.41. The Kier molecular flexibility index (Phi) is 6.74. The number of rotatable bonds is 7. The van der Waals surface area contributed by atoms with Crippen LogP contribution in [0.1, 0.15) is 56.9 Å². The van der Waals surface area contributed by atoms with Crippen molar-refractivity contribution < 1.29 is 31.5 Å². The molecule has 5 rings (SSSR count). The minimum absolute atomic E-state index is 0.198. The molecular formula is C29H24F5N3O2. The topological polar surface area (TPSA) is 64.1 Å². The van der Waals surface area contributed by atoms with Crippen LogP contribution in [-0.2, 0) is 12.1 Å². The van der Waals surface area contributed by atoms with Crippen molar-refractivity contribution in [3.63, 3.8) is 0 Å². The van der Waals surface area contributed by atoms with Gasteiger partial charge >= 0.3 is 6.18 Å². The van der Waals surface area contributed by atoms with Crippen molar-refractivity contribution in [2.75, 3.05) is 6.54 Å². The van der Waals surface area contributed by atoms with Crippen LogP contribution in [-0.4, -0.2) is 22.6 Å². The van der Waals surface area contributed by atoms with Gasteiger partial charge in [-0.1, -0.05) is 30.3 Å². The number of hydrogen-bond acceptors (Lipinski definition) is 4. The number of hydrogen-bond donors (Lipinski definition) is 1. The van der Waals surface area contributed by atoms with Crippen molar-refractivity contribution >= 4 is 16.8 Å². The van der Waals surface area contributed by atoms with Gasteiger partial charge in [-0.25, -0.2) is 0 Å². The Morgan fingerprint density at radius 2 is 1.69 bits per heavy atom. The average molecular weight is 542 g/mol. The maximum Gasteiger partial charge on any atom is 0.416 e. The number of ether oxygens (including phenoxy) is 1. The Morgan fingerprint density at radius 1 is 0.923 bits per heavy atom. The van der Waals surface area contributed by atoms with E-state index in [0.29, 0.717) is 17.0 Å². The summed E-state index contributed by atoms with van der Waals surface area (Å²) >= 11 is 0. The van der Waals surface area contributed by atoms with E-state index in [1.54, 1.807) is 32.0 Å². The number of nitrogens with one attached hydrogen (secondary N) is 1. The molecule has 0 atom stereocenters. The molecule has 1 amide bonds. The van der Waals surface area contributed by atoms with Gasteiger partial charge in [0.15, 0.2) is 0 Å². The highest BCUT2D eigenvalue weighted by Gasteiger charge is 2.34. The second-order valence-corrected chi connectivity index (χ2v) is 9.74. The highest BCUT2D eigenvalue weighted by molar-refractivity contribution is 6.08. The first-order valence-corrected chi connectivity index (χ1v) is 12.3. The van der Waals surface area contributed by atoms with E-state index in [1.165, 1.54) is 18.2 Å². The van der Waals surface area contributed by atoms with Gasteiger partial charge in [-0.2, -0.15) is 22.0 Å². The molecule has 0 saturated heterocycles. The van der Waals surface area contributed by atoms with Crippen molar-refractivity contribution in [1.82, 2.24) is 15.5 Å². The first-order valence-electron chi connectivity index (χ1n) is 12.3. The molecule has 0 aliphatic heterocycles. The van der Waals surface area contributed by atoms with E-state index in [-0.39, 0.29) is 22.3 Å². The largest absolute Gasteiger partial charge is 0.437 e. The van der Waals surface area contributed by atoms with Crippen molar-refractivity contribution in [3.05, 3.63) is 94.0 Å². The van der Waals surface area contributed by atoms with Crippen LogP contribution in [0.5, 0.6) is 11.6 Å². The van der Waals surface area contributed by atoms with Gasteiger partial charge in [0, 0.05) is 10.9 Å². The first-order chi connectivity index (χ1) is 18.4. The molecule has 0 radical (unpaired) electrons. The molecule has 1 aliphatic rings. The Labute approximate surface area is 221 Å². The number of amides is 1. The van der Waals surface area contributed by atoms with Crippen LogP contribution in [0.2, 0.25) is 0 Å². The van der Waals surface area contributed by atoms with Crippen LogP contribution in [0.3, 0.4) is 0 Å². The molecule has 0 unspecified atom stereocenters. The standard InChI is InChI=1S/C29H24F5N3O2/c1-16-6-10-20(12-17(16)2)28(30,31)15-35-26(38)25-23-11-9-19(18-7-8-18)13-24(23)36-37-27(25)39-22-5-3-4-21(14-22)29(32,33)34/h3-6,9-14,18H,7-8,15H2,1-2H3,(H,35,38). The monoisotopic (exact) mass is 541 g/mol. The number of carbonyl (C=O) groups excluding carboxylic acids is 1. The molecule has 1 N–H and O–H groups in total. The molecule has 0 bridgehead atoms. The van der Waals surface area contributed by atoms with Crippen LogP contribution < -0.4 is 10.1 Å². The summed E-state index contributed by atoms with van der Waals surface area (Å²) in [6.07, 6.45) is -2.57. The summed E-state index contributed by atoms with van der Waals surface area (Å²) in [5.41, 5.74) is 1.49. The lowest BCUT2D eigenvalue weighted by molar-refractivity contribution is -0.137. The van der Waals surface area contributed by atoms with Crippen molar-refractivity contribution in [1.29, 1.82) is 0 Å². The molecule has 4 aromatic rings. The van der Waals surface area contributed by atoms with Gasteiger partial charge in [0.1, 0.15) is 11.3 Å². The molecule has 1 heterocycles. The number of aromatic nitrogens is 2. The molecular weight excluding hydrogens is 517 g/mol. The second-order valence-electron chi connectivity index (χ2n) is 9.74. The van der Waals surface area contributed by atoms with Crippen LogP contribution in [0.25, 0.3) is 10.9 Å². The van der Waals surface area contributed by atoms with Gasteiger partial charge in [-0.15, -0.1) is 10.2 Å². The zero-order chi connectivity index (χ0) is 27.9. The predicted octanol–water partition coefficient (Wildman–Crippen LogP) is 7.46. The maximum atomic E-state index is 15.0. The molecule has 39 heavy (non-hydrogen) atoms. The number of carbonyl (C=O) groups is 1. The molecule has 1 aromatic heterocycles. The third kappa shape index (κ3) is 5.69. The molecule has 0 spiro atoms. The lowest BCUT2D eigenvalue weighted by atomic mass is 10.0. The Morgan fingerprint density at radius 3 is 2.38 bits per heavy atom. The van der Waals surface area contributed by atoms with E-state index in [4.69, 9.17) is 4.74 Å². The molecule has 3 aromatic carbocycles. The van der Waals surface area contributed by atoms with Crippen LogP contribution >= 0.6 is 0 Å². The zero-order valence-electron chi connectivity index (χ0n) is 21.1. The maximum absolute atomic E-state index is 15.0. The Hall–Kier alpha value is -4.08. The number of aryl methyl sites for hydroxylation is 2. The third-order valence-corrected chi connectivity index (χ3v) is 6.81. The van der Waals surface area contributed by atoms with Gasteiger partial charge in [-0.05, 0) is 79.6 Å². The number of halogens is 5. The number of alkyl halides is 5. The van der Waals surface area contributed by atoms with Gasteiger partial charge in [0.2, 0.25) is 0 Å². The quantitative estimate of drug-likeness (QED) is 0.247. The molecule has 1 saturated carbocycles. The summed E-state index contributed by atoms with van der Waals surface area (Å²) < 4.78 is 75.3.